The number of carbonyl (C=O) groups excluding carboxylic acids is 1. The van der Waals surface area contributed by atoms with Crippen LogP contribution in [-0.2, 0) is 40.1 Å². The smallest absolute Gasteiger partial charge is 0.333 e. The summed E-state index contributed by atoms with van der Waals surface area (Å²) in [5, 5.41) is 8.98. The van der Waals surface area contributed by atoms with Gasteiger partial charge < -0.3 is 28.8 Å². The first-order chi connectivity index (χ1) is 17.7. The molecule has 4 rings (SSSR count). The van der Waals surface area contributed by atoms with Gasteiger partial charge in [-0.2, -0.15) is 0 Å². The van der Waals surface area contributed by atoms with E-state index in [1.165, 1.54) is 0 Å². The molecule has 0 unspecified atom stereocenters. The van der Waals surface area contributed by atoms with Gasteiger partial charge in [-0.15, -0.1) is 0 Å². The second-order valence-electron chi connectivity index (χ2n) is 8.88. The number of nitrogens with zero attached hydrogens (tertiary/aromatic N) is 2. The number of hydrogen-bond acceptors (Lipinski definition) is 9. The Morgan fingerprint density at radius 2 is 1.35 bits per heavy atom. The van der Waals surface area contributed by atoms with Gasteiger partial charge >= 0.3 is 5.97 Å². The fourth-order valence-electron chi connectivity index (χ4n) is 3.72. The fourth-order valence-corrected chi connectivity index (χ4v) is 3.72. The van der Waals surface area contributed by atoms with Crippen LogP contribution in [0.5, 0.6) is 0 Å². The van der Waals surface area contributed by atoms with Crippen LogP contribution in [-0.4, -0.2) is 60.7 Å². The molecule has 0 bridgehead atoms. The number of ether oxygens (including phenoxy) is 5. The Kier molecular flexibility index (Phi) is 10.1. The number of esters is 1. The van der Waals surface area contributed by atoms with Crippen molar-refractivity contribution in [3.05, 3.63) is 70.3 Å². The molecular weight excluding hydrogens is 476 g/mol. The highest BCUT2D eigenvalue weighted by molar-refractivity contribution is 5.92. The first kappa shape index (κ1) is 28.6. The van der Waals surface area contributed by atoms with E-state index < -0.39 is 11.6 Å². The number of hydrogen-bond donors (Lipinski definition) is 1. The predicted octanol–water partition coefficient (Wildman–Crippen LogP) is 3.96. The molecule has 9 nitrogen and oxygen atoms in total. The minimum Gasteiger partial charge on any atom is -0.463 e. The molecule has 1 N–H and O–H groups in total. The van der Waals surface area contributed by atoms with Crippen molar-refractivity contribution in [2.75, 3.05) is 39.6 Å². The third-order valence-corrected chi connectivity index (χ3v) is 5.75. The summed E-state index contributed by atoms with van der Waals surface area (Å²) < 4.78 is 27.2. The van der Waals surface area contributed by atoms with E-state index in [0.29, 0.717) is 50.0 Å². The van der Waals surface area contributed by atoms with Gasteiger partial charge in [0.15, 0.2) is 0 Å². The van der Waals surface area contributed by atoms with Gasteiger partial charge in [-0.3, -0.25) is 0 Å². The molecule has 2 aliphatic heterocycles. The second kappa shape index (κ2) is 13.0. The molecule has 2 fully saturated rings. The van der Waals surface area contributed by atoms with Crippen molar-refractivity contribution in [1.29, 1.82) is 0 Å². The summed E-state index contributed by atoms with van der Waals surface area (Å²) in [6.07, 6.45) is 3.54. The zero-order chi connectivity index (χ0) is 26.9. The average Bonchev–Trinajstić information content (AvgIpc) is 3.55. The van der Waals surface area contributed by atoms with Gasteiger partial charge in [0, 0.05) is 5.57 Å². The van der Waals surface area contributed by atoms with Crippen LogP contribution >= 0.6 is 0 Å². The second-order valence-corrected chi connectivity index (χ2v) is 8.88. The summed E-state index contributed by atoms with van der Waals surface area (Å²) >= 11 is 0. The summed E-state index contributed by atoms with van der Waals surface area (Å²) in [7, 11) is 0. The Bertz CT molecular complexity index is 1120. The lowest BCUT2D eigenvalue weighted by Gasteiger charge is -2.21. The lowest BCUT2D eigenvalue weighted by atomic mass is 10.1. The van der Waals surface area contributed by atoms with Crippen molar-refractivity contribution >= 4 is 18.1 Å². The molecule has 2 aromatic heterocycles. The first-order valence-corrected chi connectivity index (χ1v) is 12.3. The van der Waals surface area contributed by atoms with Gasteiger partial charge in [0.1, 0.15) is 0 Å². The van der Waals surface area contributed by atoms with E-state index in [-0.39, 0.29) is 12.6 Å². The summed E-state index contributed by atoms with van der Waals surface area (Å²) in [6, 6.07) is 11.2. The maximum atomic E-state index is 11.6. The van der Waals surface area contributed by atoms with Crippen molar-refractivity contribution in [3.63, 3.8) is 0 Å². The van der Waals surface area contributed by atoms with Gasteiger partial charge in [-0.05, 0) is 76.6 Å². The lowest BCUT2D eigenvalue weighted by molar-refractivity contribution is -0.153. The maximum absolute atomic E-state index is 11.6. The lowest BCUT2D eigenvalue weighted by Crippen LogP contribution is -2.24. The van der Waals surface area contributed by atoms with Crippen LogP contribution in [0.3, 0.4) is 0 Å². The number of aliphatic hydroxyl groups is 1. The highest BCUT2D eigenvalue weighted by Gasteiger charge is 2.35. The minimum atomic E-state index is -0.804. The van der Waals surface area contributed by atoms with Crippen LogP contribution in [0.1, 0.15) is 57.4 Å². The van der Waals surface area contributed by atoms with Crippen molar-refractivity contribution in [2.45, 2.75) is 46.2 Å². The predicted molar refractivity (Wildman–Crippen MR) is 138 cm³/mol. The SMILES string of the molecule is C/C(=C\c1cccc(C2(C)OCCO2)n1)CO.CCOC(=O)/C(C)=C/c1cccc(C2(C)OCCO2)n1. The number of carbonyl (C=O) groups is 1. The van der Waals surface area contributed by atoms with Gasteiger partial charge in [-0.1, -0.05) is 12.1 Å². The Morgan fingerprint density at radius 1 is 0.892 bits per heavy atom. The number of pyridine rings is 2. The maximum Gasteiger partial charge on any atom is 0.333 e. The Hall–Kier alpha value is -2.95. The minimum absolute atomic E-state index is 0.0379. The normalized spacial score (nSPS) is 18.8. The molecule has 9 heteroatoms. The van der Waals surface area contributed by atoms with Crippen LogP contribution in [0.4, 0.5) is 0 Å². The van der Waals surface area contributed by atoms with E-state index in [1.807, 2.05) is 63.2 Å². The summed E-state index contributed by atoms with van der Waals surface area (Å²) in [6.45, 7) is 11.7. The van der Waals surface area contributed by atoms with E-state index >= 15 is 0 Å². The van der Waals surface area contributed by atoms with Crippen LogP contribution in [0, 0.1) is 0 Å². The van der Waals surface area contributed by atoms with Gasteiger partial charge in [0.05, 0.1) is 62.4 Å². The largest absolute Gasteiger partial charge is 0.463 e. The quantitative estimate of drug-likeness (QED) is 0.435. The highest BCUT2D eigenvalue weighted by Crippen LogP contribution is 2.30. The molecule has 200 valence electrons. The number of aromatic nitrogens is 2. The molecule has 0 aliphatic carbocycles. The molecule has 0 radical (unpaired) electrons. The summed E-state index contributed by atoms with van der Waals surface area (Å²) in [5.41, 5.74) is 4.31. The Balaban J connectivity index is 0.000000208. The first-order valence-electron chi connectivity index (χ1n) is 12.3. The molecule has 2 saturated heterocycles. The van der Waals surface area contributed by atoms with Crippen LogP contribution in [0.25, 0.3) is 12.2 Å². The van der Waals surface area contributed by atoms with Crippen molar-refractivity contribution in [1.82, 2.24) is 9.97 Å². The standard InChI is InChI=1S/C15H19NO4.C13H17NO3/c1-4-18-14(17)11(2)10-12-6-5-7-13(16-12)15(3)19-8-9-20-15;1-10(9-15)8-11-4-3-5-12(14-11)13(2)16-6-7-17-13/h5-7,10H,4,8-9H2,1-3H3;3-5,8,15H,6-7,9H2,1-2H3/b11-10+;10-8+. The summed E-state index contributed by atoms with van der Waals surface area (Å²) in [5.74, 6) is -1.88. The van der Waals surface area contributed by atoms with Gasteiger partial charge in [0.2, 0.25) is 11.6 Å². The molecule has 37 heavy (non-hydrogen) atoms. The van der Waals surface area contributed by atoms with Crippen LogP contribution < -0.4 is 0 Å². The average molecular weight is 513 g/mol. The third-order valence-electron chi connectivity index (χ3n) is 5.75. The van der Waals surface area contributed by atoms with Gasteiger partial charge in [0.25, 0.3) is 0 Å². The third kappa shape index (κ3) is 7.77. The molecule has 0 amide bonds. The zero-order valence-corrected chi connectivity index (χ0v) is 22.2. The number of aliphatic hydroxyl groups excluding tert-OH is 1. The molecule has 0 spiro atoms. The fraction of sp³-hybridized carbons (Fsp3) is 0.464. The molecular formula is C28H36N2O7. The van der Waals surface area contributed by atoms with Crippen molar-refractivity contribution in [3.8, 4) is 0 Å². The Morgan fingerprint density at radius 3 is 1.78 bits per heavy atom. The topological polar surface area (TPSA) is 109 Å². The zero-order valence-electron chi connectivity index (χ0n) is 22.2. The van der Waals surface area contributed by atoms with E-state index in [1.54, 1.807) is 19.9 Å². The molecule has 2 aliphatic rings. The molecule has 2 aromatic rings. The number of rotatable bonds is 7. The molecule has 0 atom stereocenters. The van der Waals surface area contributed by atoms with E-state index in [4.69, 9.17) is 28.8 Å². The Labute approximate surface area is 218 Å². The molecule has 0 saturated carbocycles. The van der Waals surface area contributed by atoms with E-state index in [9.17, 15) is 4.79 Å². The highest BCUT2D eigenvalue weighted by atomic mass is 16.7. The summed E-state index contributed by atoms with van der Waals surface area (Å²) in [4.78, 5) is 20.5. The van der Waals surface area contributed by atoms with Crippen molar-refractivity contribution in [2.24, 2.45) is 0 Å². The van der Waals surface area contributed by atoms with Crippen molar-refractivity contribution < 1.29 is 33.6 Å². The van der Waals surface area contributed by atoms with Gasteiger partial charge in [-0.25, -0.2) is 14.8 Å². The molecule has 0 aromatic carbocycles. The monoisotopic (exact) mass is 512 g/mol. The molecule has 4 heterocycles. The van der Waals surface area contributed by atoms with E-state index in [0.717, 1.165) is 17.0 Å². The van der Waals surface area contributed by atoms with Crippen LogP contribution in [0.2, 0.25) is 0 Å². The van der Waals surface area contributed by atoms with E-state index in [2.05, 4.69) is 9.97 Å². The van der Waals surface area contributed by atoms with Crippen LogP contribution in [0.15, 0.2) is 47.5 Å².